The number of benzene rings is 1. The standard InChI is InChI=1S/C15H20N2O4/c1-10-7-11(15(19)20-2)3-4-13(10)17-14(18)8-12-9-16-5-6-21-12/h3-4,7,12,16H,5-6,8-9H2,1-2H3,(H,17,18). The molecule has 0 aromatic heterocycles. The first-order valence-corrected chi connectivity index (χ1v) is 6.91. The zero-order chi connectivity index (χ0) is 15.2. The summed E-state index contributed by atoms with van der Waals surface area (Å²) < 4.78 is 10.2. The number of ether oxygens (including phenoxy) is 2. The Morgan fingerprint density at radius 2 is 2.29 bits per heavy atom. The normalized spacial score (nSPS) is 18.1. The average molecular weight is 292 g/mol. The second-order valence-corrected chi connectivity index (χ2v) is 4.97. The Labute approximate surface area is 123 Å². The molecule has 0 spiro atoms. The molecule has 0 saturated carbocycles. The zero-order valence-electron chi connectivity index (χ0n) is 12.3. The number of rotatable bonds is 4. The molecular formula is C15H20N2O4. The van der Waals surface area contributed by atoms with Gasteiger partial charge in [0, 0.05) is 18.8 Å². The van der Waals surface area contributed by atoms with E-state index in [0.717, 1.165) is 12.1 Å². The van der Waals surface area contributed by atoms with Crippen molar-refractivity contribution >= 4 is 17.6 Å². The lowest BCUT2D eigenvalue weighted by Gasteiger charge is -2.23. The van der Waals surface area contributed by atoms with Crippen molar-refractivity contribution in [2.75, 3.05) is 32.1 Å². The maximum absolute atomic E-state index is 12.0. The summed E-state index contributed by atoms with van der Waals surface area (Å²) in [5.41, 5.74) is 1.97. The molecule has 6 heteroatoms. The number of anilines is 1. The molecule has 1 aliphatic rings. The molecule has 2 rings (SSSR count). The lowest BCUT2D eigenvalue weighted by atomic mass is 10.1. The van der Waals surface area contributed by atoms with E-state index in [1.54, 1.807) is 18.2 Å². The van der Waals surface area contributed by atoms with Crippen molar-refractivity contribution in [3.63, 3.8) is 0 Å². The fourth-order valence-corrected chi connectivity index (χ4v) is 2.21. The molecule has 1 aliphatic heterocycles. The van der Waals surface area contributed by atoms with Gasteiger partial charge in [-0.15, -0.1) is 0 Å². The van der Waals surface area contributed by atoms with E-state index in [-0.39, 0.29) is 12.0 Å². The number of hydrogen-bond acceptors (Lipinski definition) is 5. The van der Waals surface area contributed by atoms with Crippen LogP contribution in [0.3, 0.4) is 0 Å². The Kier molecular flexibility index (Phi) is 5.30. The number of morpholine rings is 1. The highest BCUT2D eigenvalue weighted by molar-refractivity contribution is 5.94. The molecule has 1 aromatic carbocycles. The predicted molar refractivity (Wildman–Crippen MR) is 78.4 cm³/mol. The van der Waals surface area contributed by atoms with Gasteiger partial charge in [-0.2, -0.15) is 0 Å². The number of hydrogen-bond donors (Lipinski definition) is 2. The van der Waals surface area contributed by atoms with Crippen LogP contribution in [0.25, 0.3) is 0 Å². The van der Waals surface area contributed by atoms with Gasteiger partial charge in [-0.25, -0.2) is 4.79 Å². The van der Waals surface area contributed by atoms with Crippen LogP contribution in [0.15, 0.2) is 18.2 Å². The number of nitrogens with one attached hydrogen (secondary N) is 2. The third kappa shape index (κ3) is 4.27. The van der Waals surface area contributed by atoms with E-state index in [4.69, 9.17) is 4.74 Å². The van der Waals surface area contributed by atoms with E-state index in [2.05, 4.69) is 15.4 Å². The molecule has 6 nitrogen and oxygen atoms in total. The van der Waals surface area contributed by atoms with Crippen molar-refractivity contribution in [1.29, 1.82) is 0 Å². The summed E-state index contributed by atoms with van der Waals surface area (Å²) in [5.74, 6) is -0.490. The molecular weight excluding hydrogens is 272 g/mol. The molecule has 2 N–H and O–H groups in total. The Balaban J connectivity index is 1.95. The molecule has 1 fully saturated rings. The van der Waals surface area contributed by atoms with Gasteiger partial charge in [0.25, 0.3) is 0 Å². The van der Waals surface area contributed by atoms with Gasteiger partial charge < -0.3 is 20.1 Å². The second-order valence-electron chi connectivity index (χ2n) is 4.97. The molecule has 0 aliphatic carbocycles. The minimum atomic E-state index is -0.391. The number of esters is 1. The molecule has 1 heterocycles. The number of methoxy groups -OCH3 is 1. The van der Waals surface area contributed by atoms with Gasteiger partial charge in [0.2, 0.25) is 5.91 Å². The lowest BCUT2D eigenvalue weighted by Crippen LogP contribution is -2.40. The van der Waals surface area contributed by atoms with Gasteiger partial charge in [0.1, 0.15) is 0 Å². The summed E-state index contributed by atoms with van der Waals surface area (Å²) in [7, 11) is 1.34. The largest absolute Gasteiger partial charge is 0.465 e. The fourth-order valence-electron chi connectivity index (χ4n) is 2.21. The van der Waals surface area contributed by atoms with Crippen LogP contribution in [0, 0.1) is 6.92 Å². The van der Waals surface area contributed by atoms with Crippen molar-refractivity contribution < 1.29 is 19.1 Å². The molecule has 21 heavy (non-hydrogen) atoms. The van der Waals surface area contributed by atoms with Crippen molar-refractivity contribution in [1.82, 2.24) is 5.32 Å². The minimum Gasteiger partial charge on any atom is -0.465 e. The van der Waals surface area contributed by atoms with Crippen molar-refractivity contribution in [2.45, 2.75) is 19.4 Å². The van der Waals surface area contributed by atoms with Crippen LogP contribution in [0.5, 0.6) is 0 Å². The minimum absolute atomic E-state index is 0.0894. The Morgan fingerprint density at radius 1 is 1.48 bits per heavy atom. The average Bonchev–Trinajstić information content (AvgIpc) is 2.49. The van der Waals surface area contributed by atoms with E-state index in [9.17, 15) is 9.59 Å². The summed E-state index contributed by atoms with van der Waals surface area (Å²) in [6.45, 7) is 3.98. The smallest absolute Gasteiger partial charge is 0.337 e. The summed E-state index contributed by atoms with van der Waals surface area (Å²) in [6.07, 6.45) is 0.221. The molecule has 1 atom stereocenters. The van der Waals surface area contributed by atoms with Crippen molar-refractivity contribution in [2.24, 2.45) is 0 Å². The van der Waals surface area contributed by atoms with Crippen LogP contribution in [-0.2, 0) is 14.3 Å². The van der Waals surface area contributed by atoms with E-state index in [1.165, 1.54) is 7.11 Å². The monoisotopic (exact) mass is 292 g/mol. The maximum Gasteiger partial charge on any atom is 0.337 e. The summed E-state index contributed by atoms with van der Waals surface area (Å²) >= 11 is 0. The van der Waals surface area contributed by atoms with E-state index < -0.39 is 5.97 Å². The molecule has 1 saturated heterocycles. The fraction of sp³-hybridized carbons (Fsp3) is 0.467. The van der Waals surface area contributed by atoms with Crippen LogP contribution in [-0.4, -0.2) is 44.8 Å². The maximum atomic E-state index is 12.0. The van der Waals surface area contributed by atoms with Gasteiger partial charge in [-0.05, 0) is 30.7 Å². The molecule has 0 radical (unpaired) electrons. The van der Waals surface area contributed by atoms with Crippen LogP contribution >= 0.6 is 0 Å². The van der Waals surface area contributed by atoms with Gasteiger partial charge in [0.15, 0.2) is 0 Å². The van der Waals surface area contributed by atoms with E-state index >= 15 is 0 Å². The molecule has 0 bridgehead atoms. The first kappa shape index (κ1) is 15.5. The SMILES string of the molecule is COC(=O)c1ccc(NC(=O)CC2CNCCO2)c(C)c1. The van der Waals surface area contributed by atoms with Gasteiger partial charge in [-0.1, -0.05) is 0 Å². The highest BCUT2D eigenvalue weighted by atomic mass is 16.5. The zero-order valence-corrected chi connectivity index (χ0v) is 12.3. The van der Waals surface area contributed by atoms with Crippen LogP contribution in [0.4, 0.5) is 5.69 Å². The van der Waals surface area contributed by atoms with Crippen molar-refractivity contribution in [3.8, 4) is 0 Å². The second kappa shape index (κ2) is 7.19. The first-order chi connectivity index (χ1) is 10.1. The Morgan fingerprint density at radius 3 is 2.90 bits per heavy atom. The van der Waals surface area contributed by atoms with Crippen LogP contribution < -0.4 is 10.6 Å². The number of amides is 1. The van der Waals surface area contributed by atoms with Crippen LogP contribution in [0.1, 0.15) is 22.3 Å². The third-order valence-corrected chi connectivity index (χ3v) is 3.34. The lowest BCUT2D eigenvalue weighted by molar-refractivity contribution is -0.119. The van der Waals surface area contributed by atoms with E-state index in [0.29, 0.717) is 30.8 Å². The highest BCUT2D eigenvalue weighted by Crippen LogP contribution is 2.18. The summed E-state index contributed by atoms with van der Waals surface area (Å²) in [4.78, 5) is 23.4. The van der Waals surface area contributed by atoms with Gasteiger partial charge >= 0.3 is 5.97 Å². The molecule has 1 aromatic rings. The Bertz CT molecular complexity index is 524. The number of carbonyl (C=O) groups excluding carboxylic acids is 2. The number of aryl methyl sites for hydroxylation is 1. The van der Waals surface area contributed by atoms with Gasteiger partial charge in [0.05, 0.1) is 31.8 Å². The summed E-state index contributed by atoms with van der Waals surface area (Å²) in [6, 6.07) is 5.03. The number of carbonyl (C=O) groups is 2. The topological polar surface area (TPSA) is 76.7 Å². The van der Waals surface area contributed by atoms with Crippen molar-refractivity contribution in [3.05, 3.63) is 29.3 Å². The quantitative estimate of drug-likeness (QED) is 0.813. The molecule has 1 amide bonds. The molecule has 1 unspecified atom stereocenters. The Hall–Kier alpha value is -1.92. The first-order valence-electron chi connectivity index (χ1n) is 6.91. The van der Waals surface area contributed by atoms with Crippen LogP contribution in [0.2, 0.25) is 0 Å². The van der Waals surface area contributed by atoms with Gasteiger partial charge in [-0.3, -0.25) is 4.79 Å². The third-order valence-electron chi connectivity index (χ3n) is 3.34. The molecule has 114 valence electrons. The predicted octanol–water partition coefficient (Wildman–Crippen LogP) is 1.10. The highest BCUT2D eigenvalue weighted by Gasteiger charge is 2.18. The summed E-state index contributed by atoms with van der Waals surface area (Å²) in [5, 5.41) is 6.03. The van der Waals surface area contributed by atoms with E-state index in [1.807, 2.05) is 6.92 Å².